The summed E-state index contributed by atoms with van der Waals surface area (Å²) in [5, 5.41) is 0. The number of benzene rings is 2. The Morgan fingerprint density at radius 2 is 1.00 bits per heavy atom. The summed E-state index contributed by atoms with van der Waals surface area (Å²) >= 11 is 6.96. The Morgan fingerprint density at radius 1 is 0.667 bits per heavy atom. The van der Waals surface area contributed by atoms with Gasteiger partial charge in [0.2, 0.25) is 0 Å². The standard InChI is InChI=1S/C16H10Br2O4S2/c17-15-13(9-5-1-3-7-11(9)23(15,19)20)16(18)14(15)10-6-2-4-8-12(10)24(16,21)22/h1-8,13-14H. The minimum Gasteiger partial charge on any atom is -0.222 e. The van der Waals surface area contributed by atoms with Crippen LogP contribution in [0.25, 0.3) is 0 Å². The van der Waals surface area contributed by atoms with Gasteiger partial charge in [-0.2, -0.15) is 0 Å². The monoisotopic (exact) mass is 488 g/mol. The molecule has 1 saturated carbocycles. The molecule has 0 N–H and O–H groups in total. The highest BCUT2D eigenvalue weighted by atomic mass is 79.9. The fourth-order valence-electron chi connectivity index (χ4n) is 4.51. The van der Waals surface area contributed by atoms with Crippen LogP contribution in [0, 0.1) is 0 Å². The molecule has 5 rings (SSSR count). The first-order valence-electron chi connectivity index (χ1n) is 7.25. The summed E-state index contributed by atoms with van der Waals surface area (Å²) in [5.41, 5.74) is 1.11. The van der Waals surface area contributed by atoms with Crippen molar-refractivity contribution < 1.29 is 16.8 Å². The van der Waals surface area contributed by atoms with Crippen molar-refractivity contribution in [3.8, 4) is 0 Å². The third-order valence-corrected chi connectivity index (χ3v) is 14.3. The molecular formula is C16H10Br2O4S2. The van der Waals surface area contributed by atoms with Crippen LogP contribution in [0.3, 0.4) is 0 Å². The molecule has 3 aliphatic rings. The van der Waals surface area contributed by atoms with Crippen molar-refractivity contribution in [1.82, 2.24) is 0 Å². The van der Waals surface area contributed by atoms with Gasteiger partial charge in [0, 0.05) is 11.8 Å². The molecule has 0 radical (unpaired) electrons. The average Bonchev–Trinajstić information content (AvgIpc) is 2.79. The van der Waals surface area contributed by atoms with E-state index >= 15 is 0 Å². The molecule has 2 aromatic rings. The van der Waals surface area contributed by atoms with Gasteiger partial charge in [-0.25, -0.2) is 16.8 Å². The van der Waals surface area contributed by atoms with Crippen molar-refractivity contribution in [3.63, 3.8) is 0 Å². The van der Waals surface area contributed by atoms with E-state index in [9.17, 15) is 16.8 Å². The van der Waals surface area contributed by atoms with E-state index < -0.39 is 38.8 Å². The lowest BCUT2D eigenvalue weighted by molar-refractivity contribution is 0.323. The summed E-state index contributed by atoms with van der Waals surface area (Å²) in [6.45, 7) is 0. The SMILES string of the molecule is O=S1(=O)c2ccccc2C2C1(Br)C1c3ccccc3S(=O)(=O)C21Br. The highest BCUT2D eigenvalue weighted by Gasteiger charge is 2.86. The molecule has 0 unspecified atom stereocenters. The molecule has 124 valence electrons. The van der Waals surface area contributed by atoms with Gasteiger partial charge in [-0.15, -0.1) is 0 Å². The summed E-state index contributed by atoms with van der Waals surface area (Å²) in [4.78, 5) is 0.431. The molecule has 0 atom stereocenters. The zero-order chi connectivity index (χ0) is 17.1. The predicted octanol–water partition coefficient (Wildman–Crippen LogP) is 3.32. The van der Waals surface area contributed by atoms with Gasteiger partial charge in [-0.05, 0) is 23.3 Å². The number of hydrogen-bond acceptors (Lipinski definition) is 4. The fraction of sp³-hybridized carbons (Fsp3) is 0.250. The van der Waals surface area contributed by atoms with Gasteiger partial charge in [0.05, 0.1) is 9.79 Å². The highest BCUT2D eigenvalue weighted by Crippen LogP contribution is 2.81. The maximum Gasteiger partial charge on any atom is 0.195 e. The minimum atomic E-state index is -3.71. The summed E-state index contributed by atoms with van der Waals surface area (Å²) < 4.78 is 50.2. The van der Waals surface area contributed by atoms with Gasteiger partial charge >= 0.3 is 0 Å². The smallest absolute Gasteiger partial charge is 0.195 e. The molecule has 24 heavy (non-hydrogen) atoms. The van der Waals surface area contributed by atoms with E-state index in [1.165, 1.54) is 0 Å². The van der Waals surface area contributed by atoms with Crippen molar-refractivity contribution in [2.75, 3.05) is 0 Å². The summed E-state index contributed by atoms with van der Waals surface area (Å²) in [6.07, 6.45) is 0. The van der Waals surface area contributed by atoms with E-state index in [-0.39, 0.29) is 9.79 Å². The first kappa shape index (κ1) is 15.5. The van der Waals surface area contributed by atoms with Crippen LogP contribution in [-0.2, 0) is 19.7 Å². The van der Waals surface area contributed by atoms with E-state index in [2.05, 4.69) is 31.9 Å². The Kier molecular flexibility index (Phi) is 2.70. The van der Waals surface area contributed by atoms with E-state index in [1.54, 1.807) is 48.5 Å². The molecule has 0 saturated heterocycles. The second kappa shape index (κ2) is 4.16. The third kappa shape index (κ3) is 1.26. The highest BCUT2D eigenvalue weighted by molar-refractivity contribution is 9.13. The van der Waals surface area contributed by atoms with Gasteiger partial charge in [0.15, 0.2) is 19.7 Å². The van der Waals surface area contributed by atoms with Crippen molar-refractivity contribution >= 4 is 51.5 Å². The molecule has 4 nitrogen and oxygen atoms in total. The van der Waals surface area contributed by atoms with E-state index in [0.717, 1.165) is 0 Å². The quantitative estimate of drug-likeness (QED) is 0.532. The van der Waals surface area contributed by atoms with Gasteiger partial charge in [0.1, 0.15) is 7.31 Å². The van der Waals surface area contributed by atoms with Crippen LogP contribution in [0.1, 0.15) is 23.0 Å². The first-order chi connectivity index (χ1) is 11.2. The Bertz CT molecular complexity index is 1040. The molecule has 0 spiro atoms. The van der Waals surface area contributed by atoms with E-state index in [0.29, 0.717) is 11.1 Å². The lowest BCUT2D eigenvalue weighted by Crippen LogP contribution is -2.65. The van der Waals surface area contributed by atoms with Crippen LogP contribution < -0.4 is 0 Å². The van der Waals surface area contributed by atoms with Crippen molar-refractivity contribution in [2.24, 2.45) is 0 Å². The third-order valence-electron chi connectivity index (χ3n) is 5.44. The number of rotatable bonds is 0. The average molecular weight is 490 g/mol. The summed E-state index contributed by atoms with van der Waals surface area (Å²) in [5.74, 6) is -1.40. The van der Waals surface area contributed by atoms with Crippen molar-refractivity contribution in [1.29, 1.82) is 0 Å². The van der Waals surface area contributed by atoms with Gasteiger partial charge in [-0.1, -0.05) is 68.3 Å². The number of halogens is 2. The lowest BCUT2D eigenvalue weighted by atomic mass is 9.67. The number of fused-ring (bicyclic) bond motifs is 8. The lowest BCUT2D eigenvalue weighted by Gasteiger charge is -2.55. The Morgan fingerprint density at radius 3 is 1.38 bits per heavy atom. The molecule has 0 aromatic heterocycles. The van der Waals surface area contributed by atoms with Crippen LogP contribution >= 0.6 is 31.9 Å². The predicted molar refractivity (Wildman–Crippen MR) is 96.1 cm³/mol. The van der Waals surface area contributed by atoms with Crippen LogP contribution in [0.4, 0.5) is 0 Å². The fourth-order valence-corrected chi connectivity index (χ4v) is 14.0. The molecule has 1 aliphatic carbocycles. The minimum absolute atomic E-state index is 0.216. The second-order valence-electron chi connectivity index (χ2n) is 6.34. The van der Waals surface area contributed by atoms with Gasteiger partial charge in [0.25, 0.3) is 0 Å². The van der Waals surface area contributed by atoms with Gasteiger partial charge < -0.3 is 0 Å². The first-order valence-corrected chi connectivity index (χ1v) is 11.8. The number of alkyl halides is 2. The normalized spacial score (nSPS) is 39.2. The molecule has 8 heteroatoms. The summed E-state index contributed by atoms with van der Waals surface area (Å²) in [7, 11) is -7.42. The molecule has 2 heterocycles. The maximum atomic E-state index is 13.2. The largest absolute Gasteiger partial charge is 0.222 e. The Hall–Kier alpha value is -0.700. The molecule has 2 aliphatic heterocycles. The topological polar surface area (TPSA) is 68.3 Å². The summed E-state index contributed by atoms with van der Waals surface area (Å²) in [6, 6.07) is 13.3. The number of sulfone groups is 2. The Balaban J connectivity index is 1.93. The van der Waals surface area contributed by atoms with E-state index in [1.807, 2.05) is 0 Å². The molecule has 2 aromatic carbocycles. The van der Waals surface area contributed by atoms with E-state index in [4.69, 9.17) is 0 Å². The second-order valence-corrected chi connectivity index (χ2v) is 14.3. The molecule has 0 amide bonds. The van der Waals surface area contributed by atoms with Crippen LogP contribution in [0.15, 0.2) is 58.3 Å². The zero-order valence-electron chi connectivity index (χ0n) is 12.0. The van der Waals surface area contributed by atoms with Crippen molar-refractivity contribution in [2.45, 2.75) is 28.9 Å². The van der Waals surface area contributed by atoms with Crippen LogP contribution in [0.5, 0.6) is 0 Å². The van der Waals surface area contributed by atoms with Gasteiger partial charge in [-0.3, -0.25) is 0 Å². The van der Waals surface area contributed by atoms with Crippen molar-refractivity contribution in [3.05, 3.63) is 59.7 Å². The molecular weight excluding hydrogens is 480 g/mol. The van der Waals surface area contributed by atoms with Crippen LogP contribution in [-0.4, -0.2) is 24.1 Å². The number of hydrogen-bond donors (Lipinski definition) is 0. The zero-order valence-corrected chi connectivity index (χ0v) is 16.8. The molecule has 0 bridgehead atoms. The Labute approximate surface area is 156 Å². The maximum absolute atomic E-state index is 13.2. The van der Waals surface area contributed by atoms with Crippen LogP contribution in [0.2, 0.25) is 0 Å². The molecule has 1 fully saturated rings.